The monoisotopic (exact) mass is 318 g/mol. The predicted octanol–water partition coefficient (Wildman–Crippen LogP) is 0.893. The van der Waals surface area contributed by atoms with E-state index < -0.39 is 9.84 Å². The van der Waals surface area contributed by atoms with Crippen molar-refractivity contribution >= 4 is 27.1 Å². The van der Waals surface area contributed by atoms with Crippen LogP contribution >= 0.6 is 11.3 Å². The van der Waals surface area contributed by atoms with Gasteiger partial charge in [0, 0.05) is 32.3 Å². The van der Waals surface area contributed by atoms with Crippen LogP contribution in [-0.2, 0) is 16.4 Å². The Morgan fingerprint density at radius 2 is 2.25 bits per heavy atom. The Kier molecular flexibility index (Phi) is 6.41. The highest BCUT2D eigenvalue weighted by Gasteiger charge is 2.09. The van der Waals surface area contributed by atoms with Gasteiger partial charge in [0.2, 0.25) is 0 Å². The molecular weight excluding hydrogens is 296 g/mol. The second kappa shape index (κ2) is 7.58. The molecule has 0 radical (unpaired) electrons. The number of nitrogens with zero attached hydrogens (tertiary/aromatic N) is 3. The van der Waals surface area contributed by atoms with Gasteiger partial charge < -0.3 is 10.2 Å². The van der Waals surface area contributed by atoms with Gasteiger partial charge in [-0.2, -0.15) is 0 Å². The summed E-state index contributed by atoms with van der Waals surface area (Å²) >= 11 is 1.63. The fourth-order valence-corrected chi connectivity index (χ4v) is 2.99. The lowest BCUT2D eigenvalue weighted by Crippen LogP contribution is -2.39. The number of guanidine groups is 1. The Labute approximate surface area is 124 Å². The Bertz CT molecular complexity index is 552. The zero-order valence-electron chi connectivity index (χ0n) is 12.4. The average molecular weight is 318 g/mol. The topological polar surface area (TPSA) is 74.7 Å². The molecule has 0 bridgehead atoms. The van der Waals surface area contributed by atoms with Crippen LogP contribution in [-0.4, -0.2) is 56.9 Å². The van der Waals surface area contributed by atoms with Crippen LogP contribution in [0.5, 0.6) is 0 Å². The first-order valence-corrected chi connectivity index (χ1v) is 9.26. The predicted molar refractivity (Wildman–Crippen MR) is 84.0 cm³/mol. The second-order valence-electron chi connectivity index (χ2n) is 4.67. The Hall–Kier alpha value is -1.15. The summed E-state index contributed by atoms with van der Waals surface area (Å²) in [4.78, 5) is 10.6. The maximum Gasteiger partial charge on any atom is 0.193 e. The molecule has 6 nitrogen and oxygen atoms in total. The minimum Gasteiger partial charge on any atom is -0.356 e. The number of aromatic nitrogens is 1. The first kappa shape index (κ1) is 16.9. The Balaban J connectivity index is 2.42. The number of rotatable bonds is 6. The van der Waals surface area contributed by atoms with Crippen molar-refractivity contribution in [2.45, 2.75) is 19.9 Å². The van der Waals surface area contributed by atoms with Gasteiger partial charge in [-0.25, -0.2) is 13.4 Å². The van der Waals surface area contributed by atoms with Crippen molar-refractivity contribution in [2.75, 3.05) is 32.6 Å². The smallest absolute Gasteiger partial charge is 0.193 e. The van der Waals surface area contributed by atoms with Gasteiger partial charge in [0.05, 0.1) is 23.0 Å². The van der Waals surface area contributed by atoms with Gasteiger partial charge in [0.1, 0.15) is 9.84 Å². The number of aryl methyl sites for hydroxylation is 1. The van der Waals surface area contributed by atoms with E-state index >= 15 is 0 Å². The molecule has 1 aromatic rings. The van der Waals surface area contributed by atoms with E-state index in [4.69, 9.17) is 0 Å². The summed E-state index contributed by atoms with van der Waals surface area (Å²) in [5.41, 5.74) is 1.01. The fourth-order valence-electron chi connectivity index (χ4n) is 1.72. The van der Waals surface area contributed by atoms with Crippen molar-refractivity contribution in [3.05, 3.63) is 16.1 Å². The van der Waals surface area contributed by atoms with Crippen molar-refractivity contribution in [3.63, 3.8) is 0 Å². The fraction of sp³-hybridized carbons (Fsp3) is 0.667. The van der Waals surface area contributed by atoms with Crippen LogP contribution in [0.3, 0.4) is 0 Å². The maximum absolute atomic E-state index is 11.0. The molecule has 1 N–H and O–H groups in total. The van der Waals surface area contributed by atoms with E-state index in [1.165, 1.54) is 6.26 Å². The summed E-state index contributed by atoms with van der Waals surface area (Å²) in [6, 6.07) is 0. The molecule has 8 heteroatoms. The number of hydrogen-bond acceptors (Lipinski definition) is 5. The first-order valence-electron chi connectivity index (χ1n) is 6.32. The zero-order valence-corrected chi connectivity index (χ0v) is 14.0. The van der Waals surface area contributed by atoms with Crippen molar-refractivity contribution in [1.82, 2.24) is 15.2 Å². The van der Waals surface area contributed by atoms with Crippen LogP contribution in [0.4, 0.5) is 0 Å². The molecule has 114 valence electrons. The molecule has 0 unspecified atom stereocenters. The lowest BCUT2D eigenvalue weighted by atomic mass is 10.4. The minimum absolute atomic E-state index is 0.186. The molecule has 0 atom stereocenters. The van der Waals surface area contributed by atoms with E-state index in [9.17, 15) is 8.42 Å². The molecule has 1 heterocycles. The van der Waals surface area contributed by atoms with Crippen molar-refractivity contribution < 1.29 is 8.42 Å². The van der Waals surface area contributed by atoms with Crippen molar-refractivity contribution in [3.8, 4) is 0 Å². The molecule has 0 saturated heterocycles. The molecule has 0 aliphatic heterocycles. The molecule has 0 aromatic carbocycles. The van der Waals surface area contributed by atoms with Gasteiger partial charge in [-0.05, 0) is 13.3 Å². The molecule has 0 fully saturated rings. The van der Waals surface area contributed by atoms with Gasteiger partial charge in [-0.15, -0.1) is 11.3 Å². The summed E-state index contributed by atoms with van der Waals surface area (Å²) in [7, 11) is 0.744. The highest BCUT2D eigenvalue weighted by molar-refractivity contribution is 7.90. The minimum atomic E-state index is -2.90. The van der Waals surface area contributed by atoms with Crippen LogP contribution in [0.1, 0.15) is 17.1 Å². The molecule has 0 spiro atoms. The average Bonchev–Trinajstić information content (AvgIpc) is 2.73. The first-order chi connectivity index (χ1) is 9.31. The van der Waals surface area contributed by atoms with E-state index in [1.54, 1.807) is 18.4 Å². The zero-order chi connectivity index (χ0) is 15.2. The number of thiazole rings is 1. The van der Waals surface area contributed by atoms with Gasteiger partial charge in [-0.3, -0.25) is 4.99 Å². The largest absolute Gasteiger partial charge is 0.356 e. The van der Waals surface area contributed by atoms with Crippen LogP contribution in [0, 0.1) is 6.92 Å². The van der Waals surface area contributed by atoms with Crippen LogP contribution in [0.2, 0.25) is 0 Å². The van der Waals surface area contributed by atoms with E-state index in [1.807, 2.05) is 24.3 Å². The molecule has 1 aromatic heterocycles. The summed E-state index contributed by atoms with van der Waals surface area (Å²) < 4.78 is 22.1. The standard InChI is InChI=1S/C12H22N4O2S2/c1-10-15-11(9-19-10)8-16(3)12(13-2)14-6-5-7-20(4,17)18/h9H,5-8H2,1-4H3,(H,13,14). The number of aliphatic imine (C=N–C) groups is 1. The maximum atomic E-state index is 11.0. The van der Waals surface area contributed by atoms with Crippen molar-refractivity contribution in [1.29, 1.82) is 0 Å². The summed E-state index contributed by atoms with van der Waals surface area (Å²) in [6.45, 7) is 3.24. The number of sulfone groups is 1. The lowest BCUT2D eigenvalue weighted by Gasteiger charge is -2.21. The van der Waals surface area contributed by atoms with Gasteiger partial charge >= 0.3 is 0 Å². The van der Waals surface area contributed by atoms with Gasteiger partial charge in [0.25, 0.3) is 0 Å². The normalized spacial score (nSPS) is 12.5. The number of nitrogens with one attached hydrogen (secondary N) is 1. The highest BCUT2D eigenvalue weighted by atomic mass is 32.2. The molecule has 0 aliphatic rings. The highest BCUT2D eigenvalue weighted by Crippen LogP contribution is 2.09. The number of hydrogen-bond donors (Lipinski definition) is 1. The summed E-state index contributed by atoms with van der Waals surface area (Å²) in [6.07, 6.45) is 1.82. The van der Waals surface area contributed by atoms with E-state index in [0.717, 1.165) is 16.7 Å². The molecule has 1 rings (SSSR count). The van der Waals surface area contributed by atoms with E-state index in [2.05, 4.69) is 15.3 Å². The lowest BCUT2D eigenvalue weighted by molar-refractivity contribution is 0.470. The molecule has 0 amide bonds. The SMILES string of the molecule is CN=C(NCCCS(C)(=O)=O)N(C)Cc1csc(C)n1. The Morgan fingerprint density at radius 1 is 1.55 bits per heavy atom. The quantitative estimate of drug-likeness (QED) is 0.479. The van der Waals surface area contributed by atoms with Gasteiger partial charge in [-0.1, -0.05) is 0 Å². The molecule has 20 heavy (non-hydrogen) atoms. The van der Waals surface area contributed by atoms with Gasteiger partial charge in [0.15, 0.2) is 5.96 Å². The van der Waals surface area contributed by atoms with E-state index in [-0.39, 0.29) is 5.75 Å². The summed E-state index contributed by atoms with van der Waals surface area (Å²) in [5.74, 6) is 0.926. The third-order valence-corrected chi connectivity index (χ3v) is 4.47. The third-order valence-electron chi connectivity index (χ3n) is 2.61. The van der Waals surface area contributed by atoms with Crippen LogP contribution < -0.4 is 5.32 Å². The van der Waals surface area contributed by atoms with Crippen LogP contribution in [0.25, 0.3) is 0 Å². The van der Waals surface area contributed by atoms with Crippen LogP contribution in [0.15, 0.2) is 10.4 Å². The second-order valence-corrected chi connectivity index (χ2v) is 7.99. The molecule has 0 aliphatic carbocycles. The summed E-state index contributed by atoms with van der Waals surface area (Å²) in [5, 5.41) is 6.23. The van der Waals surface area contributed by atoms with E-state index in [0.29, 0.717) is 19.5 Å². The molecule has 0 saturated carbocycles. The Morgan fingerprint density at radius 3 is 2.75 bits per heavy atom. The van der Waals surface area contributed by atoms with Crippen molar-refractivity contribution in [2.24, 2.45) is 4.99 Å². The molecular formula is C12H22N4O2S2. The third kappa shape index (κ3) is 6.33.